The van der Waals surface area contributed by atoms with Crippen LogP contribution in [-0.2, 0) is 21.4 Å². The average Bonchev–Trinajstić information content (AvgIpc) is 3.50. The molecule has 11 heteroatoms. The molecule has 2 unspecified atom stereocenters. The number of hydrogen-bond donors (Lipinski definition) is 1. The molecule has 0 aliphatic carbocycles. The van der Waals surface area contributed by atoms with Gasteiger partial charge in [0.25, 0.3) is 0 Å². The van der Waals surface area contributed by atoms with E-state index in [1.807, 2.05) is 19.1 Å². The third kappa shape index (κ3) is 6.38. The standard InChI is InChI=1S/C31H42FN3O6.BrH/c1-9-40-23-13-19-14-35(30(33)26(19)27(32)29(23)41-10-2)15-22(36)18-11-20(31(3,4)5)28(39-8)21(12-18)34-16-24(37-6)25(17-34)38-7;/h11-13,24-25,33H,9-10,14-17H2,1-8H3;1H. The van der Waals surface area contributed by atoms with E-state index in [-0.39, 0.29) is 77.2 Å². The molecule has 9 nitrogen and oxygen atoms in total. The van der Waals surface area contributed by atoms with E-state index < -0.39 is 5.82 Å². The van der Waals surface area contributed by atoms with Crippen LogP contribution in [0.4, 0.5) is 10.1 Å². The van der Waals surface area contributed by atoms with Crippen molar-refractivity contribution in [1.82, 2.24) is 4.90 Å². The number of carbonyl (C=O) groups excluding carboxylic acids is 1. The number of amidine groups is 1. The van der Waals surface area contributed by atoms with Gasteiger partial charge in [0.15, 0.2) is 23.1 Å². The van der Waals surface area contributed by atoms with E-state index in [0.29, 0.717) is 42.3 Å². The van der Waals surface area contributed by atoms with Crippen molar-refractivity contribution < 1.29 is 32.9 Å². The van der Waals surface area contributed by atoms with Gasteiger partial charge in [0, 0.05) is 45.0 Å². The molecule has 0 amide bonds. The Labute approximate surface area is 258 Å². The van der Waals surface area contributed by atoms with Crippen LogP contribution in [0.2, 0.25) is 0 Å². The van der Waals surface area contributed by atoms with Crippen molar-refractivity contribution in [2.45, 2.75) is 58.8 Å². The Morgan fingerprint density at radius 2 is 1.62 bits per heavy atom. The van der Waals surface area contributed by atoms with Crippen LogP contribution in [0.15, 0.2) is 18.2 Å². The van der Waals surface area contributed by atoms with E-state index in [0.717, 1.165) is 11.3 Å². The number of nitrogens with zero attached hydrogens (tertiary/aromatic N) is 2. The van der Waals surface area contributed by atoms with Gasteiger partial charge in [-0.2, -0.15) is 0 Å². The number of ether oxygens (including phenoxy) is 5. The smallest absolute Gasteiger partial charge is 0.197 e. The van der Waals surface area contributed by atoms with Crippen molar-refractivity contribution in [3.05, 3.63) is 46.3 Å². The average molecular weight is 653 g/mol. The zero-order chi connectivity index (χ0) is 30.1. The van der Waals surface area contributed by atoms with Crippen molar-refractivity contribution in [1.29, 1.82) is 5.41 Å². The van der Waals surface area contributed by atoms with E-state index in [4.69, 9.17) is 29.1 Å². The summed E-state index contributed by atoms with van der Waals surface area (Å²) in [6.07, 6.45) is -0.243. The minimum absolute atomic E-state index is 0. The number of fused-ring (bicyclic) bond motifs is 1. The van der Waals surface area contributed by atoms with Gasteiger partial charge >= 0.3 is 0 Å². The number of ketones is 1. The molecular formula is C31H43BrFN3O6. The number of benzene rings is 2. The summed E-state index contributed by atoms with van der Waals surface area (Å²) in [5.74, 6) is 0.133. The molecule has 2 aromatic carbocycles. The van der Waals surface area contributed by atoms with Crippen LogP contribution in [0.1, 0.15) is 61.7 Å². The molecule has 2 aliphatic heterocycles. The molecule has 42 heavy (non-hydrogen) atoms. The monoisotopic (exact) mass is 651 g/mol. The maximum atomic E-state index is 15.5. The lowest BCUT2D eigenvalue weighted by Gasteiger charge is -2.29. The molecule has 0 aromatic heterocycles. The molecular weight excluding hydrogens is 609 g/mol. The van der Waals surface area contributed by atoms with E-state index in [1.165, 1.54) is 0 Å². The highest BCUT2D eigenvalue weighted by Gasteiger charge is 2.37. The lowest BCUT2D eigenvalue weighted by Crippen LogP contribution is -2.31. The van der Waals surface area contributed by atoms with E-state index in [9.17, 15) is 4.79 Å². The second-order valence-electron chi connectivity index (χ2n) is 11.3. The first-order chi connectivity index (χ1) is 19.5. The first kappa shape index (κ1) is 33.6. The zero-order valence-electron chi connectivity index (χ0n) is 25.8. The van der Waals surface area contributed by atoms with Crippen LogP contribution in [0.25, 0.3) is 0 Å². The quantitative estimate of drug-likeness (QED) is 0.324. The minimum atomic E-state index is -0.635. The van der Waals surface area contributed by atoms with Crippen molar-refractivity contribution >= 4 is 34.3 Å². The van der Waals surface area contributed by atoms with E-state index in [1.54, 1.807) is 39.2 Å². The summed E-state index contributed by atoms with van der Waals surface area (Å²) in [6, 6.07) is 5.42. The molecule has 0 bridgehead atoms. The summed E-state index contributed by atoms with van der Waals surface area (Å²) in [6.45, 7) is 11.7. The van der Waals surface area contributed by atoms with Gasteiger partial charge < -0.3 is 33.5 Å². The van der Waals surface area contributed by atoms with Crippen molar-refractivity contribution in [3.63, 3.8) is 0 Å². The number of nitrogens with one attached hydrogen (secondary N) is 1. The Morgan fingerprint density at radius 3 is 2.14 bits per heavy atom. The minimum Gasteiger partial charge on any atom is -0.494 e. The molecule has 1 saturated heterocycles. The lowest BCUT2D eigenvalue weighted by molar-refractivity contribution is -0.00461. The van der Waals surface area contributed by atoms with Gasteiger partial charge in [0.05, 0.1) is 38.1 Å². The lowest BCUT2D eigenvalue weighted by atomic mass is 9.84. The van der Waals surface area contributed by atoms with Gasteiger partial charge in [-0.1, -0.05) is 20.8 Å². The molecule has 1 N–H and O–H groups in total. The molecule has 2 aliphatic rings. The number of Topliss-reactive ketones (excluding diaryl/α,β-unsaturated/α-hetero) is 1. The maximum Gasteiger partial charge on any atom is 0.197 e. The number of rotatable bonds is 11. The molecule has 0 radical (unpaired) electrons. The first-order valence-electron chi connectivity index (χ1n) is 14.0. The second-order valence-corrected chi connectivity index (χ2v) is 11.3. The zero-order valence-corrected chi connectivity index (χ0v) is 27.5. The second kappa shape index (κ2) is 13.6. The molecule has 0 saturated carbocycles. The van der Waals surface area contributed by atoms with Gasteiger partial charge in [-0.05, 0) is 43.0 Å². The Hall–Kier alpha value is -2.89. The van der Waals surface area contributed by atoms with Crippen LogP contribution < -0.4 is 19.1 Å². The van der Waals surface area contributed by atoms with Crippen LogP contribution in [-0.4, -0.2) is 82.9 Å². The molecule has 2 aromatic rings. The SMILES string of the molecule is Br.CCOc1cc2c(c(F)c1OCC)C(=N)N(CC(=O)c1cc(N3CC(OC)C(OC)C3)c(OC)c(C(C)(C)C)c1)C2. The van der Waals surface area contributed by atoms with Gasteiger partial charge in [0.1, 0.15) is 23.8 Å². The van der Waals surface area contributed by atoms with Gasteiger partial charge in [0.2, 0.25) is 0 Å². The number of anilines is 1. The third-order valence-electron chi connectivity index (χ3n) is 7.67. The molecule has 2 atom stereocenters. The fourth-order valence-electron chi connectivity index (χ4n) is 5.60. The van der Waals surface area contributed by atoms with Crippen molar-refractivity contribution in [2.24, 2.45) is 0 Å². The summed E-state index contributed by atoms with van der Waals surface area (Å²) in [4.78, 5) is 17.5. The highest BCUT2D eigenvalue weighted by atomic mass is 79.9. The first-order valence-corrected chi connectivity index (χ1v) is 14.0. The largest absolute Gasteiger partial charge is 0.494 e. The Bertz CT molecular complexity index is 1300. The van der Waals surface area contributed by atoms with Crippen LogP contribution >= 0.6 is 17.0 Å². The van der Waals surface area contributed by atoms with Crippen LogP contribution in [0, 0.1) is 11.2 Å². The Kier molecular flexibility index (Phi) is 10.9. The fraction of sp³-hybridized carbons (Fsp3) is 0.548. The Morgan fingerprint density at radius 1 is 1.00 bits per heavy atom. The topological polar surface area (TPSA) is 93.6 Å². The van der Waals surface area contributed by atoms with Gasteiger partial charge in [-0.3, -0.25) is 10.2 Å². The van der Waals surface area contributed by atoms with E-state index in [2.05, 4.69) is 25.7 Å². The number of carbonyl (C=O) groups is 1. The van der Waals surface area contributed by atoms with Crippen molar-refractivity contribution in [2.75, 3.05) is 59.1 Å². The van der Waals surface area contributed by atoms with Gasteiger partial charge in [-0.25, -0.2) is 4.39 Å². The summed E-state index contributed by atoms with van der Waals surface area (Å²) >= 11 is 0. The molecule has 232 valence electrons. The van der Waals surface area contributed by atoms with Crippen LogP contribution in [0.5, 0.6) is 17.2 Å². The van der Waals surface area contributed by atoms with E-state index >= 15 is 4.39 Å². The Balaban J connectivity index is 0.00000484. The summed E-state index contributed by atoms with van der Waals surface area (Å²) < 4.78 is 43.9. The molecule has 1 fully saturated rings. The third-order valence-corrected chi connectivity index (χ3v) is 7.67. The summed E-state index contributed by atoms with van der Waals surface area (Å²) in [5, 5.41) is 8.74. The normalized spacial score (nSPS) is 18.2. The van der Waals surface area contributed by atoms with Crippen molar-refractivity contribution in [3.8, 4) is 17.2 Å². The summed E-state index contributed by atoms with van der Waals surface area (Å²) in [7, 11) is 4.97. The maximum absolute atomic E-state index is 15.5. The molecule has 2 heterocycles. The van der Waals surface area contributed by atoms with Crippen LogP contribution in [0.3, 0.4) is 0 Å². The fourth-order valence-corrected chi connectivity index (χ4v) is 5.60. The predicted molar refractivity (Wildman–Crippen MR) is 166 cm³/mol. The number of methoxy groups -OCH3 is 3. The molecule has 4 rings (SSSR count). The molecule has 0 spiro atoms. The van der Waals surface area contributed by atoms with Gasteiger partial charge in [-0.15, -0.1) is 17.0 Å². The highest BCUT2D eigenvalue weighted by molar-refractivity contribution is 8.93. The predicted octanol–water partition coefficient (Wildman–Crippen LogP) is 5.38. The highest BCUT2D eigenvalue weighted by Crippen LogP contribution is 2.42. The number of hydrogen-bond acceptors (Lipinski definition) is 8. The number of halogens is 2. The summed E-state index contributed by atoms with van der Waals surface area (Å²) in [5.41, 5.74) is 2.59.